The molecule has 2 heterocycles. The molecule has 0 aliphatic rings. The number of carbonyl (C=O) groups excluding carboxylic acids is 2. The van der Waals surface area contributed by atoms with Crippen LogP contribution < -0.4 is 10.5 Å². The predicted molar refractivity (Wildman–Crippen MR) is 103 cm³/mol. The van der Waals surface area contributed by atoms with E-state index in [9.17, 15) is 14.0 Å². The normalized spacial score (nSPS) is 10.9. The zero-order valence-electron chi connectivity index (χ0n) is 15.9. The molecule has 4 aromatic rings. The predicted octanol–water partition coefficient (Wildman–Crippen LogP) is 3.58. The van der Waals surface area contributed by atoms with E-state index in [2.05, 4.69) is 19.9 Å². The van der Waals surface area contributed by atoms with Gasteiger partial charge in [0, 0.05) is 10.9 Å². The third-order valence-electron chi connectivity index (χ3n) is 4.35. The van der Waals surface area contributed by atoms with Crippen LogP contribution in [0.1, 0.15) is 16.2 Å². The molecule has 0 saturated heterocycles. The summed E-state index contributed by atoms with van der Waals surface area (Å²) in [7, 11) is 1.45. The molecule has 2 aromatic carbocycles. The van der Waals surface area contributed by atoms with Gasteiger partial charge in [0.2, 0.25) is 0 Å². The van der Waals surface area contributed by atoms with E-state index in [0.29, 0.717) is 33.9 Å². The maximum Gasteiger partial charge on any atom is 0.412 e. The number of benzene rings is 2. The van der Waals surface area contributed by atoms with E-state index >= 15 is 0 Å². The van der Waals surface area contributed by atoms with Gasteiger partial charge in [0.05, 0.1) is 12.7 Å². The number of ether oxygens (including phenoxy) is 2. The van der Waals surface area contributed by atoms with Crippen molar-refractivity contribution in [3.63, 3.8) is 0 Å². The van der Waals surface area contributed by atoms with E-state index in [4.69, 9.17) is 14.9 Å². The van der Waals surface area contributed by atoms with Gasteiger partial charge < -0.3 is 19.6 Å². The number of aromatic nitrogens is 3. The number of H-pyrrole nitrogens is 1. The SMILES string of the molecule is COc1cc2c(C(=O)OC(N)=O)c(-c3ccc(F)cc3)oc2cc1-c1n[nH]c(C)n1. The fourth-order valence-electron chi connectivity index (χ4n) is 3.08. The molecule has 4 rings (SSSR count). The highest BCUT2D eigenvalue weighted by molar-refractivity contribution is 6.12. The number of furan rings is 1. The number of nitrogens with zero attached hydrogens (tertiary/aromatic N) is 2. The number of aryl methyl sites for hydroxylation is 1. The van der Waals surface area contributed by atoms with Crippen LogP contribution in [0.15, 0.2) is 40.8 Å². The van der Waals surface area contributed by atoms with Crippen molar-refractivity contribution in [2.45, 2.75) is 6.92 Å². The van der Waals surface area contributed by atoms with Gasteiger partial charge in [-0.05, 0) is 43.3 Å². The maximum atomic E-state index is 13.4. The third kappa shape index (κ3) is 3.34. The van der Waals surface area contributed by atoms with Gasteiger partial charge in [-0.2, -0.15) is 5.10 Å². The lowest BCUT2D eigenvalue weighted by Crippen LogP contribution is -2.18. The fourth-order valence-corrected chi connectivity index (χ4v) is 3.08. The Kier molecular flexibility index (Phi) is 4.66. The molecule has 30 heavy (non-hydrogen) atoms. The molecule has 0 aliphatic carbocycles. The lowest BCUT2D eigenvalue weighted by atomic mass is 10.0. The monoisotopic (exact) mass is 410 g/mol. The number of aromatic amines is 1. The zero-order chi connectivity index (χ0) is 21.4. The molecule has 0 atom stereocenters. The second-order valence-corrected chi connectivity index (χ2v) is 6.31. The van der Waals surface area contributed by atoms with Gasteiger partial charge in [0.1, 0.15) is 34.3 Å². The molecule has 152 valence electrons. The van der Waals surface area contributed by atoms with Gasteiger partial charge in [-0.1, -0.05) is 0 Å². The van der Waals surface area contributed by atoms with Gasteiger partial charge in [-0.15, -0.1) is 0 Å². The number of nitrogens with two attached hydrogens (primary N) is 1. The molecule has 0 saturated carbocycles. The first-order valence-corrected chi connectivity index (χ1v) is 8.69. The lowest BCUT2D eigenvalue weighted by Gasteiger charge is -2.06. The molecule has 1 amide bonds. The van der Waals surface area contributed by atoms with Crippen LogP contribution in [0.25, 0.3) is 33.7 Å². The Morgan fingerprint density at radius 1 is 1.20 bits per heavy atom. The van der Waals surface area contributed by atoms with Gasteiger partial charge in [0.25, 0.3) is 0 Å². The van der Waals surface area contributed by atoms with E-state index < -0.39 is 17.9 Å². The van der Waals surface area contributed by atoms with Crippen LogP contribution in [0.3, 0.4) is 0 Å². The van der Waals surface area contributed by atoms with Crippen molar-refractivity contribution < 1.29 is 27.9 Å². The van der Waals surface area contributed by atoms with E-state index in [1.54, 1.807) is 19.1 Å². The van der Waals surface area contributed by atoms with Crippen LogP contribution in [-0.4, -0.2) is 34.4 Å². The van der Waals surface area contributed by atoms with Crippen molar-refractivity contribution in [3.05, 3.63) is 53.6 Å². The molecule has 0 spiro atoms. The Morgan fingerprint density at radius 2 is 1.93 bits per heavy atom. The highest BCUT2D eigenvalue weighted by Crippen LogP contribution is 2.40. The van der Waals surface area contributed by atoms with Gasteiger partial charge >= 0.3 is 12.1 Å². The summed E-state index contributed by atoms with van der Waals surface area (Å²) >= 11 is 0. The van der Waals surface area contributed by atoms with Crippen LogP contribution in [-0.2, 0) is 4.74 Å². The highest BCUT2D eigenvalue weighted by Gasteiger charge is 2.27. The van der Waals surface area contributed by atoms with Crippen molar-refractivity contribution in [2.24, 2.45) is 5.73 Å². The zero-order valence-corrected chi connectivity index (χ0v) is 15.9. The average Bonchev–Trinajstić information content (AvgIpc) is 3.30. The number of hydrogen-bond donors (Lipinski definition) is 2. The van der Waals surface area contributed by atoms with Gasteiger partial charge in [-0.25, -0.2) is 19.0 Å². The van der Waals surface area contributed by atoms with Gasteiger partial charge in [0.15, 0.2) is 5.82 Å². The summed E-state index contributed by atoms with van der Waals surface area (Å²) in [6, 6.07) is 8.45. The summed E-state index contributed by atoms with van der Waals surface area (Å²) in [4.78, 5) is 28.1. The fraction of sp³-hybridized carbons (Fsp3) is 0.100. The van der Waals surface area contributed by atoms with Crippen LogP contribution in [0.4, 0.5) is 9.18 Å². The summed E-state index contributed by atoms with van der Waals surface area (Å²) < 4.78 is 29.3. The number of esters is 1. The summed E-state index contributed by atoms with van der Waals surface area (Å²) in [6.45, 7) is 1.75. The minimum absolute atomic E-state index is 0.0496. The summed E-state index contributed by atoms with van der Waals surface area (Å²) in [5, 5.41) is 7.18. The first-order valence-electron chi connectivity index (χ1n) is 8.69. The Hall–Kier alpha value is -4.21. The summed E-state index contributed by atoms with van der Waals surface area (Å²) in [5.74, 6) is -0.0524. The van der Waals surface area contributed by atoms with Crippen molar-refractivity contribution >= 4 is 23.0 Å². The van der Waals surface area contributed by atoms with Crippen LogP contribution in [0, 0.1) is 12.7 Å². The standard InChI is InChI=1S/C20H15FN4O5/c1-9-23-18(25-24-9)13-8-15-12(7-14(13)28-2)16(19(26)30-20(22)27)17(29-15)10-3-5-11(21)6-4-10/h3-8H,1-2H3,(H2,22,27)(H,23,24,25). The molecular formula is C20H15FN4O5. The highest BCUT2D eigenvalue weighted by atomic mass is 19.1. The Balaban J connectivity index is 1.98. The third-order valence-corrected chi connectivity index (χ3v) is 4.35. The van der Waals surface area contributed by atoms with Crippen molar-refractivity contribution in [1.29, 1.82) is 0 Å². The van der Waals surface area contributed by atoms with E-state index in [-0.39, 0.29) is 16.9 Å². The smallest absolute Gasteiger partial charge is 0.412 e. The minimum atomic E-state index is -1.26. The molecule has 0 radical (unpaired) electrons. The number of fused-ring (bicyclic) bond motifs is 1. The molecule has 0 aliphatic heterocycles. The van der Waals surface area contributed by atoms with Gasteiger partial charge in [-0.3, -0.25) is 5.10 Å². The topological polar surface area (TPSA) is 133 Å². The first-order chi connectivity index (χ1) is 14.4. The number of carbonyl (C=O) groups is 2. The average molecular weight is 410 g/mol. The molecule has 0 unspecified atom stereocenters. The molecule has 9 nitrogen and oxygen atoms in total. The number of amides is 1. The Morgan fingerprint density at radius 3 is 2.53 bits per heavy atom. The van der Waals surface area contributed by atoms with E-state index in [0.717, 1.165) is 0 Å². The maximum absolute atomic E-state index is 13.4. The largest absolute Gasteiger partial charge is 0.496 e. The molecular weight excluding hydrogens is 395 g/mol. The second-order valence-electron chi connectivity index (χ2n) is 6.31. The van der Waals surface area contributed by atoms with Crippen LogP contribution in [0.5, 0.6) is 5.75 Å². The molecule has 2 aromatic heterocycles. The molecule has 3 N–H and O–H groups in total. The van der Waals surface area contributed by atoms with E-state index in [1.807, 2.05) is 0 Å². The quantitative estimate of drug-likeness (QED) is 0.388. The number of rotatable bonds is 4. The summed E-state index contributed by atoms with van der Waals surface area (Å²) in [6.07, 6.45) is -1.26. The minimum Gasteiger partial charge on any atom is -0.496 e. The summed E-state index contributed by atoms with van der Waals surface area (Å²) in [5.41, 5.74) is 6.15. The number of primary amides is 1. The Labute approximate surface area is 168 Å². The lowest BCUT2D eigenvalue weighted by molar-refractivity contribution is 0.0640. The Bertz CT molecular complexity index is 1280. The van der Waals surface area contributed by atoms with Crippen LogP contribution >= 0.6 is 0 Å². The number of nitrogens with one attached hydrogen (secondary N) is 1. The van der Waals surface area contributed by atoms with E-state index in [1.165, 1.54) is 31.4 Å². The first kappa shape index (κ1) is 19.1. The number of halogens is 1. The van der Waals surface area contributed by atoms with Crippen molar-refractivity contribution in [3.8, 4) is 28.5 Å². The number of hydrogen-bond acceptors (Lipinski definition) is 7. The van der Waals surface area contributed by atoms with Crippen molar-refractivity contribution in [1.82, 2.24) is 15.2 Å². The molecule has 0 bridgehead atoms. The second kappa shape index (κ2) is 7.32. The van der Waals surface area contributed by atoms with Crippen LogP contribution in [0.2, 0.25) is 0 Å². The molecule has 0 fully saturated rings. The van der Waals surface area contributed by atoms with Crippen molar-refractivity contribution in [2.75, 3.05) is 7.11 Å². The number of methoxy groups -OCH3 is 1. The molecule has 10 heteroatoms.